The first kappa shape index (κ1) is 23.9. The lowest BCUT2D eigenvalue weighted by atomic mass is 10.1. The van der Waals surface area contributed by atoms with Crippen LogP contribution in [0.25, 0.3) is 0 Å². The van der Waals surface area contributed by atoms with Crippen molar-refractivity contribution in [2.45, 2.75) is 73.1 Å². The Morgan fingerprint density at radius 2 is 1.48 bits per heavy atom. The van der Waals surface area contributed by atoms with Crippen molar-refractivity contribution in [1.29, 1.82) is 0 Å². The van der Waals surface area contributed by atoms with Gasteiger partial charge in [0.25, 0.3) is 0 Å². The van der Waals surface area contributed by atoms with Gasteiger partial charge in [-0.3, -0.25) is 4.57 Å². The number of carbonyl (C=O) groups is 1. The molecular weight excluding hydrogens is 335 g/mol. The van der Waals surface area contributed by atoms with E-state index in [1.165, 1.54) is 16.7 Å². The van der Waals surface area contributed by atoms with Crippen LogP contribution in [0.5, 0.6) is 0 Å². The molecule has 0 rings (SSSR count). The fraction of sp³-hybridized carbons (Fsp3) is 0.650. The van der Waals surface area contributed by atoms with E-state index in [0.29, 0.717) is 6.42 Å². The highest BCUT2D eigenvalue weighted by Crippen LogP contribution is 2.48. The number of hydrogen-bond donors (Lipinski definition) is 1. The van der Waals surface area contributed by atoms with Crippen molar-refractivity contribution < 1.29 is 19.0 Å². The van der Waals surface area contributed by atoms with E-state index in [2.05, 4.69) is 45.9 Å². The Kier molecular flexibility index (Phi) is 12.5. The van der Waals surface area contributed by atoms with Crippen LogP contribution in [0.4, 0.5) is 4.79 Å². The zero-order valence-electron chi connectivity index (χ0n) is 16.5. The maximum absolute atomic E-state index is 12.1. The Balaban J connectivity index is 4.15. The van der Waals surface area contributed by atoms with E-state index in [1.54, 1.807) is 6.92 Å². The topological polar surface area (TPSA) is 63.6 Å². The molecule has 0 saturated carbocycles. The molecule has 1 unspecified atom stereocenters. The molecule has 0 aliphatic heterocycles. The lowest BCUT2D eigenvalue weighted by molar-refractivity contribution is 0.210. The van der Waals surface area contributed by atoms with Crippen molar-refractivity contribution in [1.82, 2.24) is 0 Å². The Morgan fingerprint density at radius 3 is 1.96 bits per heavy atom. The van der Waals surface area contributed by atoms with Gasteiger partial charge in [-0.2, -0.15) is 0 Å². The van der Waals surface area contributed by atoms with Gasteiger partial charge in [0.2, 0.25) is 0 Å². The summed E-state index contributed by atoms with van der Waals surface area (Å²) in [5.74, 6) is 0. The van der Waals surface area contributed by atoms with Gasteiger partial charge < -0.3 is 9.63 Å². The van der Waals surface area contributed by atoms with Crippen LogP contribution < -0.4 is 0 Å². The lowest BCUT2D eigenvalue weighted by Crippen LogP contribution is -2.04. The predicted molar refractivity (Wildman–Crippen MR) is 107 cm³/mol. The summed E-state index contributed by atoms with van der Waals surface area (Å²) in [5, 5.41) is 9.02. The normalized spacial score (nSPS) is 14.9. The smallest absolute Gasteiger partial charge is 0.389 e. The number of rotatable bonds is 13. The van der Waals surface area contributed by atoms with E-state index < -0.39 is 13.1 Å². The van der Waals surface area contributed by atoms with Crippen molar-refractivity contribution in [3.63, 3.8) is 0 Å². The molecule has 0 aromatic rings. The fourth-order valence-electron chi connectivity index (χ4n) is 2.41. The third-order valence-electron chi connectivity index (χ3n) is 3.90. The first-order chi connectivity index (χ1) is 11.7. The molecule has 0 radical (unpaired) electrons. The summed E-state index contributed by atoms with van der Waals surface area (Å²) in [6, 6.07) is 0. The van der Waals surface area contributed by atoms with Crippen LogP contribution in [-0.2, 0) is 9.09 Å². The first-order valence-electron chi connectivity index (χ1n) is 9.13. The van der Waals surface area contributed by atoms with Crippen molar-refractivity contribution in [2.24, 2.45) is 0 Å². The van der Waals surface area contributed by atoms with Gasteiger partial charge in [0.15, 0.2) is 0 Å². The standard InChI is InChI=1S/C20H35O4P/c1-6-24-25(23,20(21)22)16-8-7-12-18(4)14-10-15-19(5)13-9-11-17(2)3/h11-12,15H,6-10,13-14,16H2,1-5H3,(H,21,22). The second kappa shape index (κ2) is 13.1. The second-order valence-electron chi connectivity index (χ2n) is 6.70. The van der Waals surface area contributed by atoms with Crippen LogP contribution in [0.2, 0.25) is 0 Å². The van der Waals surface area contributed by atoms with Crippen molar-refractivity contribution >= 4 is 13.1 Å². The molecule has 4 nitrogen and oxygen atoms in total. The summed E-state index contributed by atoms with van der Waals surface area (Å²) in [6.07, 6.45) is 12.3. The van der Waals surface area contributed by atoms with Crippen LogP contribution in [0.15, 0.2) is 34.9 Å². The molecule has 0 heterocycles. The summed E-state index contributed by atoms with van der Waals surface area (Å²) >= 11 is 0. The molecule has 0 fully saturated rings. The number of carboxylic acid groups (broad SMARTS) is 1. The van der Waals surface area contributed by atoms with Crippen molar-refractivity contribution in [3.8, 4) is 0 Å². The first-order valence-corrected chi connectivity index (χ1v) is 10.9. The quantitative estimate of drug-likeness (QED) is 0.212. The van der Waals surface area contributed by atoms with E-state index in [9.17, 15) is 9.36 Å². The summed E-state index contributed by atoms with van der Waals surface area (Å²) in [4.78, 5) is 11.0. The maximum atomic E-state index is 12.1. The van der Waals surface area contributed by atoms with Gasteiger partial charge in [-0.05, 0) is 73.1 Å². The van der Waals surface area contributed by atoms with Gasteiger partial charge >= 0.3 is 13.1 Å². The molecule has 25 heavy (non-hydrogen) atoms. The Hall–Kier alpha value is -1.12. The molecule has 0 bridgehead atoms. The van der Waals surface area contributed by atoms with E-state index in [-0.39, 0.29) is 12.8 Å². The average Bonchev–Trinajstić information content (AvgIpc) is 2.51. The monoisotopic (exact) mass is 370 g/mol. The highest BCUT2D eigenvalue weighted by atomic mass is 31.2. The molecule has 0 aromatic heterocycles. The van der Waals surface area contributed by atoms with E-state index in [4.69, 9.17) is 9.63 Å². The zero-order valence-corrected chi connectivity index (χ0v) is 17.4. The molecular formula is C20H35O4P. The zero-order chi connectivity index (χ0) is 19.3. The minimum atomic E-state index is -3.53. The molecule has 0 saturated heterocycles. The van der Waals surface area contributed by atoms with Gasteiger partial charge in [0.05, 0.1) is 6.61 Å². The molecule has 0 aromatic carbocycles. The summed E-state index contributed by atoms with van der Waals surface area (Å²) in [5.41, 5.74) is 2.76. The Labute approximate surface area is 153 Å². The van der Waals surface area contributed by atoms with Crippen LogP contribution in [-0.4, -0.2) is 23.6 Å². The van der Waals surface area contributed by atoms with Crippen molar-refractivity contribution in [2.75, 3.05) is 12.8 Å². The number of allylic oxidation sites excluding steroid dienone is 6. The van der Waals surface area contributed by atoms with E-state index >= 15 is 0 Å². The van der Waals surface area contributed by atoms with Gasteiger partial charge in [0, 0.05) is 6.16 Å². The summed E-state index contributed by atoms with van der Waals surface area (Å²) in [7, 11) is -3.53. The molecule has 1 N–H and O–H groups in total. The van der Waals surface area contributed by atoms with Gasteiger partial charge in [-0.15, -0.1) is 0 Å². The third kappa shape index (κ3) is 12.0. The minimum Gasteiger partial charge on any atom is -0.474 e. The largest absolute Gasteiger partial charge is 0.474 e. The van der Waals surface area contributed by atoms with Crippen LogP contribution in [0, 0.1) is 0 Å². The average molecular weight is 370 g/mol. The van der Waals surface area contributed by atoms with Gasteiger partial charge in [0.1, 0.15) is 0 Å². The Morgan fingerprint density at radius 1 is 0.960 bits per heavy atom. The maximum Gasteiger partial charge on any atom is 0.389 e. The molecule has 0 aliphatic carbocycles. The summed E-state index contributed by atoms with van der Waals surface area (Å²) in [6.45, 7) is 10.3. The van der Waals surface area contributed by atoms with E-state index in [0.717, 1.165) is 32.1 Å². The molecule has 5 heteroatoms. The lowest BCUT2D eigenvalue weighted by Gasteiger charge is -2.12. The SMILES string of the molecule is CCOP(=O)(CCCC=C(C)CCC=C(C)CCC=C(C)C)C(=O)O. The van der Waals surface area contributed by atoms with Gasteiger partial charge in [-0.25, -0.2) is 4.79 Å². The molecule has 0 spiro atoms. The summed E-state index contributed by atoms with van der Waals surface area (Å²) < 4.78 is 17.0. The molecule has 0 aliphatic rings. The highest BCUT2D eigenvalue weighted by Gasteiger charge is 2.31. The van der Waals surface area contributed by atoms with E-state index in [1.807, 2.05) is 0 Å². The van der Waals surface area contributed by atoms with Gasteiger partial charge in [-0.1, -0.05) is 34.9 Å². The highest BCUT2D eigenvalue weighted by molar-refractivity contribution is 7.75. The van der Waals surface area contributed by atoms with Crippen molar-refractivity contribution in [3.05, 3.63) is 34.9 Å². The van der Waals surface area contributed by atoms with Crippen LogP contribution >= 0.6 is 7.37 Å². The predicted octanol–water partition coefficient (Wildman–Crippen LogP) is 7.18. The van der Waals surface area contributed by atoms with Crippen LogP contribution in [0.1, 0.15) is 73.1 Å². The number of unbranched alkanes of at least 4 members (excludes halogenated alkanes) is 1. The second-order valence-corrected chi connectivity index (χ2v) is 9.13. The Bertz CT molecular complexity index is 540. The molecule has 144 valence electrons. The third-order valence-corrected chi connectivity index (χ3v) is 6.06. The molecule has 0 amide bonds. The molecule has 1 atom stereocenters. The fourth-order valence-corrected chi connectivity index (χ4v) is 3.86. The van der Waals surface area contributed by atoms with Crippen LogP contribution in [0.3, 0.4) is 0 Å². The minimum absolute atomic E-state index is 0.101. The number of hydrogen-bond acceptors (Lipinski definition) is 3.